The Hall–Kier alpha value is -2.83. The molecule has 0 atom stereocenters. The van der Waals surface area contributed by atoms with E-state index < -0.39 is 5.60 Å². The van der Waals surface area contributed by atoms with Crippen molar-refractivity contribution in [2.24, 2.45) is 0 Å². The minimum atomic E-state index is -1.02. The number of amides is 1. The Kier molecular flexibility index (Phi) is 6.60. The van der Waals surface area contributed by atoms with Crippen molar-refractivity contribution in [1.82, 2.24) is 14.5 Å². The van der Waals surface area contributed by atoms with Crippen molar-refractivity contribution in [3.05, 3.63) is 105 Å². The van der Waals surface area contributed by atoms with E-state index in [2.05, 4.69) is 0 Å². The molecule has 1 N–H and O–H groups in total. The van der Waals surface area contributed by atoms with E-state index in [9.17, 15) is 9.90 Å². The average Bonchev–Trinajstić information content (AvgIpc) is 3.30. The molecule has 0 spiro atoms. The molecule has 3 aromatic carbocycles. The second-order valence-corrected chi connectivity index (χ2v) is 9.89. The van der Waals surface area contributed by atoms with Gasteiger partial charge in [0.15, 0.2) is 0 Å². The molecule has 4 aromatic rings. The number of nitrogens with zero attached hydrogens (tertiary/aromatic N) is 3. The van der Waals surface area contributed by atoms with Crippen molar-refractivity contribution in [3.8, 4) is 17.1 Å². The van der Waals surface area contributed by atoms with Gasteiger partial charge in [0.1, 0.15) is 11.5 Å². The van der Waals surface area contributed by atoms with Crippen LogP contribution in [0.2, 0.25) is 15.1 Å². The first-order valence-corrected chi connectivity index (χ1v) is 12.4. The highest BCUT2D eigenvalue weighted by Gasteiger charge is 2.36. The molecule has 1 aromatic heterocycles. The molecule has 1 saturated heterocycles. The maximum Gasteiger partial charge on any atom is 0.274 e. The summed E-state index contributed by atoms with van der Waals surface area (Å²) in [4.78, 5) is 19.9. The molecular weight excluding hydrogens is 505 g/mol. The normalized spacial score (nSPS) is 15.3. The molecule has 1 fully saturated rings. The molecule has 178 valence electrons. The van der Waals surface area contributed by atoms with Crippen LogP contribution in [0.15, 0.2) is 79.0 Å². The Morgan fingerprint density at radius 3 is 2.29 bits per heavy atom. The third-order valence-corrected chi connectivity index (χ3v) is 7.20. The minimum Gasteiger partial charge on any atom is -0.385 e. The molecule has 8 heteroatoms. The number of piperidine rings is 1. The highest BCUT2D eigenvalue weighted by molar-refractivity contribution is 6.33. The fraction of sp³-hybridized carbons (Fsp3) is 0.185. The molecule has 2 heterocycles. The highest BCUT2D eigenvalue weighted by atomic mass is 35.5. The number of likely N-dealkylation sites (tertiary alicyclic amines) is 1. The number of hydrogen-bond donors (Lipinski definition) is 1. The van der Waals surface area contributed by atoms with Gasteiger partial charge in [0.25, 0.3) is 5.91 Å². The van der Waals surface area contributed by atoms with Crippen molar-refractivity contribution in [2.45, 2.75) is 18.4 Å². The topological polar surface area (TPSA) is 58.4 Å². The summed E-state index contributed by atoms with van der Waals surface area (Å²) in [6.45, 7) is 0.800. The van der Waals surface area contributed by atoms with Gasteiger partial charge in [0.2, 0.25) is 0 Å². The molecule has 5 rings (SSSR count). The van der Waals surface area contributed by atoms with Gasteiger partial charge in [-0.1, -0.05) is 59.1 Å². The van der Waals surface area contributed by atoms with Crippen LogP contribution < -0.4 is 0 Å². The number of benzene rings is 3. The van der Waals surface area contributed by atoms with Crippen LogP contribution in [0.4, 0.5) is 0 Å². The number of carbonyl (C=O) groups is 1. The molecular formula is C27H22Cl3N3O2. The van der Waals surface area contributed by atoms with Gasteiger partial charge in [-0.05, 0) is 66.9 Å². The van der Waals surface area contributed by atoms with Crippen LogP contribution in [-0.4, -0.2) is 38.6 Å². The number of aliphatic hydroxyl groups is 1. The lowest BCUT2D eigenvalue weighted by atomic mass is 9.84. The molecule has 35 heavy (non-hydrogen) atoms. The fourth-order valence-electron chi connectivity index (χ4n) is 4.42. The van der Waals surface area contributed by atoms with Crippen LogP contribution in [0.1, 0.15) is 28.9 Å². The van der Waals surface area contributed by atoms with Gasteiger partial charge in [0.05, 0.1) is 10.6 Å². The zero-order valence-corrected chi connectivity index (χ0v) is 20.9. The summed E-state index contributed by atoms with van der Waals surface area (Å²) in [5.41, 5.74) is 1.59. The molecule has 1 aliphatic heterocycles. The molecule has 0 radical (unpaired) electrons. The molecule has 1 amide bonds. The molecule has 0 aliphatic carbocycles. The van der Waals surface area contributed by atoms with Crippen molar-refractivity contribution in [1.29, 1.82) is 0 Å². The van der Waals surface area contributed by atoms with E-state index in [1.165, 1.54) is 0 Å². The van der Waals surface area contributed by atoms with Gasteiger partial charge < -0.3 is 10.0 Å². The Morgan fingerprint density at radius 1 is 0.886 bits per heavy atom. The van der Waals surface area contributed by atoms with Gasteiger partial charge in [-0.3, -0.25) is 9.36 Å². The van der Waals surface area contributed by atoms with Crippen LogP contribution in [0.25, 0.3) is 17.1 Å². The summed E-state index contributed by atoms with van der Waals surface area (Å²) >= 11 is 18.7. The Labute approximate surface area is 218 Å². The Bertz CT molecular complexity index is 1380. The van der Waals surface area contributed by atoms with Crippen LogP contribution in [0, 0.1) is 0 Å². The predicted octanol–water partition coefficient (Wildman–Crippen LogP) is 6.62. The standard InChI is InChI=1S/C27H22Cl3N3O2/c28-19-8-10-21(11-9-19)33-17-24(31-25(33)22-6-1-2-7-23(22)30)26(34)32-14-12-27(35,13-15-32)18-4-3-5-20(29)16-18/h1-11,16-17,35H,12-15H2. The van der Waals surface area contributed by atoms with E-state index in [1.807, 2.05) is 47.0 Å². The van der Waals surface area contributed by atoms with Gasteiger partial charge in [-0.25, -0.2) is 4.98 Å². The second kappa shape index (κ2) is 9.67. The first-order valence-electron chi connectivity index (χ1n) is 11.2. The van der Waals surface area contributed by atoms with E-state index in [1.54, 1.807) is 41.4 Å². The monoisotopic (exact) mass is 525 g/mol. The number of carbonyl (C=O) groups excluding carboxylic acids is 1. The molecule has 0 bridgehead atoms. The smallest absolute Gasteiger partial charge is 0.274 e. The number of hydrogen-bond acceptors (Lipinski definition) is 3. The number of halogens is 3. The van der Waals surface area contributed by atoms with Crippen LogP contribution in [0.5, 0.6) is 0 Å². The zero-order chi connectivity index (χ0) is 24.6. The van der Waals surface area contributed by atoms with E-state index in [0.29, 0.717) is 52.5 Å². The van der Waals surface area contributed by atoms with Crippen molar-refractivity contribution >= 4 is 40.7 Å². The summed E-state index contributed by atoms with van der Waals surface area (Å²) in [6, 6.07) is 22.0. The van der Waals surface area contributed by atoms with Crippen molar-refractivity contribution in [2.75, 3.05) is 13.1 Å². The van der Waals surface area contributed by atoms with E-state index in [4.69, 9.17) is 39.8 Å². The quantitative estimate of drug-likeness (QED) is 0.325. The Balaban J connectivity index is 1.44. The maximum atomic E-state index is 13.5. The van der Waals surface area contributed by atoms with E-state index >= 15 is 0 Å². The third kappa shape index (κ3) is 4.82. The first kappa shape index (κ1) is 23.9. The SMILES string of the molecule is O=C(c1cn(-c2ccc(Cl)cc2)c(-c2ccccc2Cl)n1)N1CCC(O)(c2cccc(Cl)c2)CC1. The Morgan fingerprint density at radius 2 is 1.60 bits per heavy atom. The number of aromatic nitrogens is 2. The third-order valence-electron chi connectivity index (χ3n) is 6.38. The average molecular weight is 527 g/mol. The predicted molar refractivity (Wildman–Crippen MR) is 140 cm³/mol. The maximum absolute atomic E-state index is 13.5. The highest BCUT2D eigenvalue weighted by Crippen LogP contribution is 2.35. The molecule has 0 unspecified atom stereocenters. The summed E-state index contributed by atoms with van der Waals surface area (Å²) in [7, 11) is 0. The summed E-state index contributed by atoms with van der Waals surface area (Å²) < 4.78 is 1.84. The van der Waals surface area contributed by atoms with Crippen molar-refractivity contribution in [3.63, 3.8) is 0 Å². The number of rotatable bonds is 4. The lowest BCUT2D eigenvalue weighted by Gasteiger charge is -2.38. The van der Waals surface area contributed by atoms with Crippen LogP contribution >= 0.6 is 34.8 Å². The van der Waals surface area contributed by atoms with Gasteiger partial charge in [-0.15, -0.1) is 0 Å². The van der Waals surface area contributed by atoms with Crippen LogP contribution in [-0.2, 0) is 5.60 Å². The molecule has 1 aliphatic rings. The summed E-state index contributed by atoms with van der Waals surface area (Å²) in [5, 5.41) is 12.9. The summed E-state index contributed by atoms with van der Waals surface area (Å²) in [6.07, 6.45) is 2.55. The summed E-state index contributed by atoms with van der Waals surface area (Å²) in [5.74, 6) is 0.368. The molecule has 5 nitrogen and oxygen atoms in total. The van der Waals surface area contributed by atoms with Gasteiger partial charge in [0, 0.05) is 40.6 Å². The number of imidazole rings is 1. The fourth-order valence-corrected chi connectivity index (χ4v) is 4.96. The second-order valence-electron chi connectivity index (χ2n) is 8.61. The lowest BCUT2D eigenvalue weighted by Crippen LogP contribution is -2.45. The van der Waals surface area contributed by atoms with Crippen LogP contribution in [0.3, 0.4) is 0 Å². The van der Waals surface area contributed by atoms with E-state index in [0.717, 1.165) is 16.8 Å². The largest absolute Gasteiger partial charge is 0.385 e. The van der Waals surface area contributed by atoms with Gasteiger partial charge >= 0.3 is 0 Å². The first-order chi connectivity index (χ1) is 16.8. The van der Waals surface area contributed by atoms with E-state index in [-0.39, 0.29) is 5.91 Å². The van der Waals surface area contributed by atoms with Crippen molar-refractivity contribution < 1.29 is 9.90 Å². The van der Waals surface area contributed by atoms with Gasteiger partial charge in [-0.2, -0.15) is 0 Å². The lowest BCUT2D eigenvalue weighted by molar-refractivity contribution is -0.0212. The zero-order valence-electron chi connectivity index (χ0n) is 18.7. The molecule has 0 saturated carbocycles. The minimum absolute atomic E-state index is 0.195.